The van der Waals surface area contributed by atoms with Crippen molar-refractivity contribution in [1.82, 2.24) is 9.88 Å². The largest absolute Gasteiger partial charge is 0.394 e. The highest BCUT2D eigenvalue weighted by atomic mass is 16.3. The van der Waals surface area contributed by atoms with Gasteiger partial charge in [-0.3, -0.25) is 9.78 Å². The van der Waals surface area contributed by atoms with Crippen LogP contribution in [0.25, 0.3) is 0 Å². The van der Waals surface area contributed by atoms with Crippen molar-refractivity contribution in [3.05, 3.63) is 66.0 Å². The molecule has 1 aliphatic rings. The molecule has 0 aliphatic heterocycles. The standard InChI is InChI=1S/C22H28N2O2/c1-2-20(17-25)24(16-19-12-6-9-15-23-19)21(26)22(13-7-8-14-22)18-10-4-3-5-11-18/h3-6,9-12,15,20,25H,2,7-8,13-14,16-17H2,1H3/t20-/m1/s1. The predicted octanol–water partition coefficient (Wildman–Crippen LogP) is 3.69. The number of carbonyl (C=O) groups is 1. The van der Waals surface area contributed by atoms with Crippen LogP contribution in [0.1, 0.15) is 50.3 Å². The minimum atomic E-state index is -0.474. The van der Waals surface area contributed by atoms with Gasteiger partial charge in [0.25, 0.3) is 0 Å². The zero-order valence-electron chi connectivity index (χ0n) is 15.5. The lowest BCUT2D eigenvalue weighted by atomic mass is 9.77. The molecule has 4 nitrogen and oxygen atoms in total. The number of hydrogen-bond donors (Lipinski definition) is 1. The van der Waals surface area contributed by atoms with Crippen LogP contribution in [-0.4, -0.2) is 33.5 Å². The maximum absolute atomic E-state index is 13.8. The fourth-order valence-corrected chi connectivity index (χ4v) is 4.12. The zero-order valence-corrected chi connectivity index (χ0v) is 15.5. The molecule has 0 unspecified atom stereocenters. The fraction of sp³-hybridized carbons (Fsp3) is 0.455. The third-order valence-electron chi connectivity index (χ3n) is 5.63. The van der Waals surface area contributed by atoms with Crippen LogP contribution in [0.4, 0.5) is 0 Å². The molecule has 3 rings (SSSR count). The molecule has 1 aliphatic carbocycles. The second kappa shape index (κ2) is 8.45. The van der Waals surface area contributed by atoms with E-state index in [4.69, 9.17) is 0 Å². The van der Waals surface area contributed by atoms with Gasteiger partial charge in [0.05, 0.1) is 30.3 Å². The van der Waals surface area contributed by atoms with Crippen molar-refractivity contribution in [1.29, 1.82) is 0 Å². The molecule has 1 N–H and O–H groups in total. The van der Waals surface area contributed by atoms with Crippen molar-refractivity contribution in [2.75, 3.05) is 6.61 Å². The summed E-state index contributed by atoms with van der Waals surface area (Å²) in [6.45, 7) is 2.43. The van der Waals surface area contributed by atoms with Crippen LogP contribution in [0.15, 0.2) is 54.7 Å². The third-order valence-corrected chi connectivity index (χ3v) is 5.63. The summed E-state index contributed by atoms with van der Waals surface area (Å²) in [6.07, 6.45) is 6.34. The van der Waals surface area contributed by atoms with Crippen LogP contribution in [-0.2, 0) is 16.8 Å². The highest BCUT2D eigenvalue weighted by Gasteiger charge is 2.46. The van der Waals surface area contributed by atoms with Gasteiger partial charge in [-0.15, -0.1) is 0 Å². The Bertz CT molecular complexity index is 693. The number of benzene rings is 1. The Hall–Kier alpha value is -2.20. The van der Waals surface area contributed by atoms with Crippen LogP contribution in [0.5, 0.6) is 0 Å². The smallest absolute Gasteiger partial charge is 0.233 e. The molecule has 1 saturated carbocycles. The van der Waals surface area contributed by atoms with Crippen molar-refractivity contribution in [3.63, 3.8) is 0 Å². The van der Waals surface area contributed by atoms with Gasteiger partial charge in [-0.2, -0.15) is 0 Å². The lowest BCUT2D eigenvalue weighted by Gasteiger charge is -2.38. The maximum atomic E-state index is 13.8. The molecule has 0 spiro atoms. The van der Waals surface area contributed by atoms with Crippen molar-refractivity contribution in [2.24, 2.45) is 0 Å². The number of aliphatic hydroxyl groups is 1. The minimum absolute atomic E-state index is 0.0278. The van der Waals surface area contributed by atoms with E-state index in [-0.39, 0.29) is 18.6 Å². The van der Waals surface area contributed by atoms with E-state index in [1.807, 2.05) is 48.2 Å². The second-order valence-electron chi connectivity index (χ2n) is 7.15. The molecule has 26 heavy (non-hydrogen) atoms. The quantitative estimate of drug-likeness (QED) is 0.827. The minimum Gasteiger partial charge on any atom is -0.394 e. The van der Waals surface area contributed by atoms with Crippen molar-refractivity contribution in [3.8, 4) is 0 Å². The molecule has 138 valence electrons. The lowest BCUT2D eigenvalue weighted by Crippen LogP contribution is -2.50. The second-order valence-corrected chi connectivity index (χ2v) is 7.15. The summed E-state index contributed by atoms with van der Waals surface area (Å²) in [5, 5.41) is 9.91. The van der Waals surface area contributed by atoms with E-state index in [0.29, 0.717) is 6.54 Å². The van der Waals surface area contributed by atoms with E-state index >= 15 is 0 Å². The van der Waals surface area contributed by atoms with E-state index in [9.17, 15) is 9.90 Å². The molecule has 1 atom stereocenters. The van der Waals surface area contributed by atoms with Gasteiger partial charge >= 0.3 is 0 Å². The molecule has 4 heteroatoms. The van der Waals surface area contributed by atoms with E-state index in [1.165, 1.54) is 0 Å². The number of nitrogens with zero attached hydrogens (tertiary/aromatic N) is 2. The monoisotopic (exact) mass is 352 g/mol. The molecule has 0 radical (unpaired) electrons. The number of rotatable bonds is 7. The van der Waals surface area contributed by atoms with Crippen molar-refractivity contribution < 1.29 is 9.90 Å². The first-order valence-electron chi connectivity index (χ1n) is 9.58. The summed E-state index contributed by atoms with van der Waals surface area (Å²) in [5.74, 6) is 0.132. The topological polar surface area (TPSA) is 53.4 Å². The molecular formula is C22H28N2O2. The van der Waals surface area contributed by atoms with Crippen LogP contribution < -0.4 is 0 Å². The zero-order chi connectivity index (χ0) is 18.4. The maximum Gasteiger partial charge on any atom is 0.233 e. The Morgan fingerprint density at radius 1 is 1.15 bits per heavy atom. The molecule has 1 aromatic carbocycles. The molecule has 0 bridgehead atoms. The van der Waals surface area contributed by atoms with Gasteiger partial charge in [-0.25, -0.2) is 0 Å². The average molecular weight is 352 g/mol. The average Bonchev–Trinajstić information content (AvgIpc) is 3.20. The summed E-state index contributed by atoms with van der Waals surface area (Å²) < 4.78 is 0. The third kappa shape index (κ3) is 3.65. The van der Waals surface area contributed by atoms with Gasteiger partial charge in [-0.05, 0) is 37.0 Å². The van der Waals surface area contributed by atoms with Crippen LogP contribution >= 0.6 is 0 Å². The van der Waals surface area contributed by atoms with E-state index in [2.05, 4.69) is 17.1 Å². The van der Waals surface area contributed by atoms with E-state index < -0.39 is 5.41 Å². The van der Waals surface area contributed by atoms with Crippen molar-refractivity contribution in [2.45, 2.75) is 57.0 Å². The summed E-state index contributed by atoms with van der Waals surface area (Å²) in [6, 6.07) is 15.7. The van der Waals surface area contributed by atoms with E-state index in [0.717, 1.165) is 43.4 Å². The number of amides is 1. The first-order chi connectivity index (χ1) is 12.7. The Balaban J connectivity index is 1.97. The predicted molar refractivity (Wildman–Crippen MR) is 103 cm³/mol. The Labute approximate surface area is 155 Å². The first kappa shape index (κ1) is 18.6. The molecule has 2 aromatic rings. The lowest BCUT2D eigenvalue weighted by molar-refractivity contribution is -0.141. The number of pyridine rings is 1. The number of carbonyl (C=O) groups excluding carboxylic acids is 1. The molecule has 0 saturated heterocycles. The van der Waals surface area contributed by atoms with Gasteiger partial charge < -0.3 is 10.0 Å². The first-order valence-corrected chi connectivity index (χ1v) is 9.58. The highest BCUT2D eigenvalue weighted by Crippen LogP contribution is 2.43. The molecule has 1 fully saturated rings. The Morgan fingerprint density at radius 2 is 1.85 bits per heavy atom. The van der Waals surface area contributed by atoms with Crippen LogP contribution in [0, 0.1) is 0 Å². The normalized spacial score (nSPS) is 17.0. The Morgan fingerprint density at radius 3 is 2.42 bits per heavy atom. The molecule has 1 amide bonds. The van der Waals surface area contributed by atoms with Gasteiger partial charge in [0.1, 0.15) is 0 Å². The van der Waals surface area contributed by atoms with Gasteiger partial charge in [0.2, 0.25) is 5.91 Å². The summed E-state index contributed by atoms with van der Waals surface area (Å²) >= 11 is 0. The van der Waals surface area contributed by atoms with Gasteiger partial charge in [0, 0.05) is 6.20 Å². The number of aromatic nitrogens is 1. The summed E-state index contributed by atoms with van der Waals surface area (Å²) in [5.41, 5.74) is 1.48. The molecular weight excluding hydrogens is 324 g/mol. The van der Waals surface area contributed by atoms with Gasteiger partial charge in [-0.1, -0.05) is 56.2 Å². The van der Waals surface area contributed by atoms with Crippen molar-refractivity contribution >= 4 is 5.91 Å². The molecule has 1 heterocycles. The van der Waals surface area contributed by atoms with Gasteiger partial charge in [0.15, 0.2) is 0 Å². The van der Waals surface area contributed by atoms with Crippen LogP contribution in [0.3, 0.4) is 0 Å². The SMILES string of the molecule is CC[C@H](CO)N(Cc1ccccn1)C(=O)C1(c2ccccc2)CCCC1. The summed E-state index contributed by atoms with van der Waals surface area (Å²) in [4.78, 5) is 20.1. The van der Waals surface area contributed by atoms with E-state index in [1.54, 1.807) is 6.20 Å². The van der Waals surface area contributed by atoms with Crippen LogP contribution in [0.2, 0.25) is 0 Å². The fourth-order valence-electron chi connectivity index (χ4n) is 4.12. The number of hydrogen-bond acceptors (Lipinski definition) is 3. The highest BCUT2D eigenvalue weighted by molar-refractivity contribution is 5.89. The Kier molecular flexibility index (Phi) is 6.04. The number of aliphatic hydroxyl groups excluding tert-OH is 1. The summed E-state index contributed by atoms with van der Waals surface area (Å²) in [7, 11) is 0. The molecule has 1 aromatic heterocycles.